The number of hydrogen-bond acceptors (Lipinski definition) is 3. The highest BCUT2D eigenvalue weighted by atomic mass is 16.2. The van der Waals surface area contributed by atoms with Crippen LogP contribution in [0.3, 0.4) is 0 Å². The number of benzene rings is 3. The maximum absolute atomic E-state index is 12.5. The molecule has 0 atom stereocenters. The Kier molecular flexibility index (Phi) is 6.13. The fourth-order valence-corrected chi connectivity index (χ4v) is 3.79. The molecule has 0 radical (unpaired) electrons. The molecule has 0 fully saturated rings. The molecule has 1 aliphatic heterocycles. The lowest BCUT2D eigenvalue weighted by Gasteiger charge is -2.21. The van der Waals surface area contributed by atoms with E-state index in [2.05, 4.69) is 45.9 Å². The van der Waals surface area contributed by atoms with Crippen LogP contribution < -0.4 is 15.5 Å². The average molecular weight is 412 g/mol. The van der Waals surface area contributed by atoms with Crippen LogP contribution >= 0.6 is 0 Å². The van der Waals surface area contributed by atoms with E-state index in [1.165, 1.54) is 17.3 Å². The van der Waals surface area contributed by atoms with Crippen molar-refractivity contribution in [2.75, 3.05) is 23.8 Å². The molecule has 3 aromatic carbocycles. The summed E-state index contributed by atoms with van der Waals surface area (Å²) in [5.41, 5.74) is 5.97. The molecule has 5 heteroatoms. The largest absolute Gasteiger partial charge is 0.367 e. The first-order valence-corrected chi connectivity index (χ1v) is 10.4. The average Bonchev–Trinajstić information content (AvgIpc) is 3.21. The number of amides is 2. The number of carbonyl (C=O) groups excluding carboxylic acids is 2. The van der Waals surface area contributed by atoms with Crippen LogP contribution in [0.25, 0.3) is 6.08 Å². The van der Waals surface area contributed by atoms with Crippen LogP contribution in [0.2, 0.25) is 0 Å². The normalized spacial score (nSPS) is 12.6. The van der Waals surface area contributed by atoms with Crippen molar-refractivity contribution >= 4 is 29.3 Å². The number of nitrogens with zero attached hydrogens (tertiary/aromatic N) is 1. The maximum atomic E-state index is 12.5. The summed E-state index contributed by atoms with van der Waals surface area (Å²) >= 11 is 0. The second-order valence-corrected chi connectivity index (χ2v) is 7.48. The van der Waals surface area contributed by atoms with E-state index in [9.17, 15) is 9.59 Å². The lowest BCUT2D eigenvalue weighted by Crippen LogP contribution is -2.21. The van der Waals surface area contributed by atoms with Crippen molar-refractivity contribution in [3.05, 3.63) is 101 Å². The molecular weight excluding hydrogens is 386 g/mol. The van der Waals surface area contributed by atoms with E-state index in [0.29, 0.717) is 5.56 Å². The molecule has 2 amide bonds. The van der Waals surface area contributed by atoms with E-state index in [-0.39, 0.29) is 11.8 Å². The van der Waals surface area contributed by atoms with E-state index in [1.807, 2.05) is 30.3 Å². The smallest absolute Gasteiger partial charge is 0.251 e. The lowest BCUT2D eigenvalue weighted by atomic mass is 10.1. The standard InChI is InChI=1S/C26H25N3O2/c1-27-26(31)21-13-10-19(11-14-21)12-15-25(30)28-23-8-4-2-7-22(23)18-29-17-16-20-6-3-5-9-24(20)29/h2-15H,16-18H2,1H3,(H,27,31)(H,28,30)/b15-12+. The van der Waals surface area contributed by atoms with Crippen LogP contribution in [0.15, 0.2) is 78.9 Å². The third kappa shape index (κ3) is 4.83. The molecule has 0 bridgehead atoms. The zero-order valence-electron chi connectivity index (χ0n) is 17.5. The molecule has 1 aliphatic rings. The minimum Gasteiger partial charge on any atom is -0.367 e. The highest BCUT2D eigenvalue weighted by Crippen LogP contribution is 2.30. The van der Waals surface area contributed by atoms with Gasteiger partial charge in [0.05, 0.1) is 0 Å². The maximum Gasteiger partial charge on any atom is 0.251 e. The van der Waals surface area contributed by atoms with Crippen molar-refractivity contribution in [2.45, 2.75) is 13.0 Å². The van der Waals surface area contributed by atoms with E-state index in [0.717, 1.165) is 36.3 Å². The van der Waals surface area contributed by atoms with Crippen molar-refractivity contribution in [3.8, 4) is 0 Å². The van der Waals surface area contributed by atoms with E-state index < -0.39 is 0 Å². The molecule has 0 unspecified atom stereocenters. The number of carbonyl (C=O) groups is 2. The van der Waals surface area contributed by atoms with Gasteiger partial charge in [-0.25, -0.2) is 0 Å². The Labute approximate surface area is 182 Å². The third-order valence-electron chi connectivity index (χ3n) is 5.45. The van der Waals surface area contributed by atoms with Crippen molar-refractivity contribution in [2.24, 2.45) is 0 Å². The minimum absolute atomic E-state index is 0.134. The molecule has 0 aromatic heterocycles. The summed E-state index contributed by atoms with van der Waals surface area (Å²) in [5, 5.41) is 5.59. The van der Waals surface area contributed by atoms with Gasteiger partial charge >= 0.3 is 0 Å². The van der Waals surface area contributed by atoms with Gasteiger partial charge in [0, 0.05) is 43.2 Å². The Hall–Kier alpha value is -3.86. The molecular formula is C26H25N3O2. The Bertz CT molecular complexity index is 1120. The van der Waals surface area contributed by atoms with Gasteiger partial charge in [-0.2, -0.15) is 0 Å². The van der Waals surface area contributed by atoms with E-state index >= 15 is 0 Å². The molecule has 31 heavy (non-hydrogen) atoms. The van der Waals surface area contributed by atoms with E-state index in [1.54, 1.807) is 25.3 Å². The molecule has 156 valence electrons. The summed E-state index contributed by atoms with van der Waals surface area (Å²) in [6, 6.07) is 23.5. The monoisotopic (exact) mass is 411 g/mol. The second kappa shape index (κ2) is 9.30. The van der Waals surface area contributed by atoms with Crippen LogP contribution in [0.5, 0.6) is 0 Å². The number of fused-ring (bicyclic) bond motifs is 1. The quantitative estimate of drug-likeness (QED) is 0.596. The van der Waals surface area contributed by atoms with Gasteiger partial charge in [-0.15, -0.1) is 0 Å². The molecule has 4 rings (SSSR count). The van der Waals surface area contributed by atoms with Gasteiger partial charge in [-0.1, -0.05) is 48.5 Å². The predicted octanol–water partition coefficient (Wildman–Crippen LogP) is 4.26. The van der Waals surface area contributed by atoms with Crippen LogP contribution in [-0.2, 0) is 17.8 Å². The highest BCUT2D eigenvalue weighted by Gasteiger charge is 2.19. The Morgan fingerprint density at radius 1 is 0.968 bits per heavy atom. The molecule has 0 saturated heterocycles. The van der Waals surface area contributed by atoms with Gasteiger partial charge in [0.25, 0.3) is 5.91 Å². The fourth-order valence-electron chi connectivity index (χ4n) is 3.79. The predicted molar refractivity (Wildman–Crippen MR) is 125 cm³/mol. The SMILES string of the molecule is CNC(=O)c1ccc(/C=C/C(=O)Nc2ccccc2CN2CCc3ccccc32)cc1. The van der Waals surface area contributed by atoms with Gasteiger partial charge in [0.15, 0.2) is 0 Å². The Morgan fingerprint density at radius 2 is 1.71 bits per heavy atom. The molecule has 0 aliphatic carbocycles. The Balaban J connectivity index is 1.42. The molecule has 1 heterocycles. The summed E-state index contributed by atoms with van der Waals surface area (Å²) in [6.45, 7) is 1.73. The van der Waals surface area contributed by atoms with Crippen LogP contribution in [-0.4, -0.2) is 25.4 Å². The second-order valence-electron chi connectivity index (χ2n) is 7.48. The Morgan fingerprint density at radius 3 is 2.52 bits per heavy atom. The van der Waals surface area contributed by atoms with Crippen LogP contribution in [0, 0.1) is 0 Å². The zero-order chi connectivity index (χ0) is 21.6. The van der Waals surface area contributed by atoms with Crippen LogP contribution in [0.1, 0.15) is 27.0 Å². The van der Waals surface area contributed by atoms with Gasteiger partial charge in [-0.05, 0) is 53.5 Å². The summed E-state index contributed by atoms with van der Waals surface area (Å²) in [7, 11) is 1.60. The van der Waals surface area contributed by atoms with Gasteiger partial charge in [-0.3, -0.25) is 9.59 Å². The third-order valence-corrected chi connectivity index (χ3v) is 5.45. The molecule has 5 nitrogen and oxygen atoms in total. The summed E-state index contributed by atoms with van der Waals surface area (Å²) in [6.07, 6.45) is 4.30. The number of anilines is 2. The van der Waals surface area contributed by atoms with Crippen molar-refractivity contribution in [1.29, 1.82) is 0 Å². The topological polar surface area (TPSA) is 61.4 Å². The first-order chi connectivity index (χ1) is 15.1. The highest BCUT2D eigenvalue weighted by molar-refractivity contribution is 6.02. The number of nitrogens with one attached hydrogen (secondary N) is 2. The molecule has 3 aromatic rings. The van der Waals surface area contributed by atoms with Gasteiger partial charge in [0.2, 0.25) is 5.91 Å². The zero-order valence-corrected chi connectivity index (χ0v) is 17.5. The number of rotatable bonds is 6. The van der Waals surface area contributed by atoms with Crippen molar-refractivity contribution < 1.29 is 9.59 Å². The van der Waals surface area contributed by atoms with Crippen LogP contribution in [0.4, 0.5) is 11.4 Å². The lowest BCUT2D eigenvalue weighted by molar-refractivity contribution is -0.111. The van der Waals surface area contributed by atoms with Crippen molar-refractivity contribution in [1.82, 2.24) is 5.32 Å². The summed E-state index contributed by atoms with van der Waals surface area (Å²) in [5.74, 6) is -0.324. The first kappa shape index (κ1) is 20.4. The summed E-state index contributed by atoms with van der Waals surface area (Å²) in [4.78, 5) is 26.5. The number of para-hydroxylation sites is 2. The molecule has 0 spiro atoms. The van der Waals surface area contributed by atoms with Gasteiger partial charge < -0.3 is 15.5 Å². The van der Waals surface area contributed by atoms with Crippen molar-refractivity contribution in [3.63, 3.8) is 0 Å². The molecule has 2 N–H and O–H groups in total. The van der Waals surface area contributed by atoms with Gasteiger partial charge in [0.1, 0.15) is 0 Å². The fraction of sp³-hybridized carbons (Fsp3) is 0.154. The summed E-state index contributed by atoms with van der Waals surface area (Å²) < 4.78 is 0. The molecule has 0 saturated carbocycles. The minimum atomic E-state index is -0.190. The first-order valence-electron chi connectivity index (χ1n) is 10.4. The number of hydrogen-bond donors (Lipinski definition) is 2. The van der Waals surface area contributed by atoms with E-state index in [4.69, 9.17) is 0 Å².